The standard InChI is InChI=1S/C18H16F3NO3/c1-11(23)13-7-9-14(10-8-13)25-12(2)17(24)22-16-6-4-3-5-15(16)18(19,20)21/h3-10,12H,1-2H3,(H,22,24)/t12-/m1/s1. The summed E-state index contributed by atoms with van der Waals surface area (Å²) < 4.78 is 44.2. The Kier molecular flexibility index (Phi) is 5.46. The largest absolute Gasteiger partial charge is 0.481 e. The summed E-state index contributed by atoms with van der Waals surface area (Å²) in [5.41, 5.74) is -0.771. The van der Waals surface area contributed by atoms with Crippen molar-refractivity contribution < 1.29 is 27.5 Å². The van der Waals surface area contributed by atoms with Crippen molar-refractivity contribution in [3.8, 4) is 5.75 Å². The minimum Gasteiger partial charge on any atom is -0.481 e. The molecule has 2 aromatic carbocycles. The van der Waals surface area contributed by atoms with Crippen molar-refractivity contribution in [2.24, 2.45) is 0 Å². The molecule has 0 heterocycles. The lowest BCUT2D eigenvalue weighted by atomic mass is 10.1. The summed E-state index contributed by atoms with van der Waals surface area (Å²) in [6.07, 6.45) is -5.60. The fourth-order valence-electron chi connectivity index (χ4n) is 2.10. The zero-order valence-corrected chi connectivity index (χ0v) is 13.6. The number of nitrogens with one attached hydrogen (secondary N) is 1. The normalized spacial score (nSPS) is 12.4. The van der Waals surface area contributed by atoms with Crippen LogP contribution in [0.2, 0.25) is 0 Å². The SMILES string of the molecule is CC(=O)c1ccc(O[C@H](C)C(=O)Nc2ccccc2C(F)(F)F)cc1. The average molecular weight is 351 g/mol. The number of hydrogen-bond acceptors (Lipinski definition) is 3. The van der Waals surface area contributed by atoms with Gasteiger partial charge in [-0.25, -0.2) is 0 Å². The maximum absolute atomic E-state index is 12.9. The van der Waals surface area contributed by atoms with Crippen molar-refractivity contribution in [3.05, 3.63) is 59.7 Å². The number of Topliss-reactive ketones (excluding diaryl/α,β-unsaturated/α-hetero) is 1. The molecule has 0 fully saturated rings. The Morgan fingerprint density at radius 3 is 2.20 bits per heavy atom. The van der Waals surface area contributed by atoms with Crippen molar-refractivity contribution in [2.75, 3.05) is 5.32 Å². The zero-order valence-electron chi connectivity index (χ0n) is 13.6. The molecule has 0 aromatic heterocycles. The van der Waals surface area contributed by atoms with E-state index in [0.29, 0.717) is 11.3 Å². The van der Waals surface area contributed by atoms with Gasteiger partial charge in [-0.1, -0.05) is 12.1 Å². The number of alkyl halides is 3. The fraction of sp³-hybridized carbons (Fsp3) is 0.222. The number of hydrogen-bond donors (Lipinski definition) is 1. The summed E-state index contributed by atoms with van der Waals surface area (Å²) in [6, 6.07) is 10.8. The van der Waals surface area contributed by atoms with Crippen LogP contribution < -0.4 is 10.1 Å². The van der Waals surface area contributed by atoms with Crippen LogP contribution in [0.1, 0.15) is 29.8 Å². The maximum Gasteiger partial charge on any atom is 0.418 e. The number of halogens is 3. The second-order valence-corrected chi connectivity index (χ2v) is 5.37. The van der Waals surface area contributed by atoms with Crippen LogP contribution in [0.3, 0.4) is 0 Å². The second kappa shape index (κ2) is 7.38. The Hall–Kier alpha value is -2.83. The minimum atomic E-state index is -4.57. The van der Waals surface area contributed by atoms with E-state index in [9.17, 15) is 22.8 Å². The number of ketones is 1. The molecule has 1 amide bonds. The molecule has 2 aromatic rings. The molecule has 132 valence electrons. The molecule has 0 bridgehead atoms. The topological polar surface area (TPSA) is 55.4 Å². The predicted molar refractivity (Wildman–Crippen MR) is 86.6 cm³/mol. The van der Waals surface area contributed by atoms with Crippen LogP contribution in [0.4, 0.5) is 18.9 Å². The molecule has 0 unspecified atom stereocenters. The second-order valence-electron chi connectivity index (χ2n) is 5.37. The van der Waals surface area contributed by atoms with Gasteiger partial charge in [0.2, 0.25) is 0 Å². The van der Waals surface area contributed by atoms with Crippen LogP contribution in [-0.4, -0.2) is 17.8 Å². The Morgan fingerprint density at radius 2 is 1.64 bits per heavy atom. The number of ether oxygens (including phenoxy) is 1. The highest BCUT2D eigenvalue weighted by atomic mass is 19.4. The number of benzene rings is 2. The van der Waals surface area contributed by atoms with Crippen LogP contribution in [0.25, 0.3) is 0 Å². The summed E-state index contributed by atoms with van der Waals surface area (Å²) in [7, 11) is 0. The number of anilines is 1. The third kappa shape index (κ3) is 4.82. The van der Waals surface area contributed by atoms with Crippen molar-refractivity contribution in [2.45, 2.75) is 26.1 Å². The van der Waals surface area contributed by atoms with Gasteiger partial charge in [0.25, 0.3) is 5.91 Å². The number of amides is 1. The Labute approximate surface area is 142 Å². The minimum absolute atomic E-state index is 0.110. The summed E-state index contributed by atoms with van der Waals surface area (Å²) >= 11 is 0. The van der Waals surface area contributed by atoms with E-state index in [-0.39, 0.29) is 11.5 Å². The fourth-order valence-corrected chi connectivity index (χ4v) is 2.10. The molecule has 1 atom stereocenters. The van der Waals surface area contributed by atoms with E-state index in [4.69, 9.17) is 4.74 Å². The van der Waals surface area contributed by atoms with Gasteiger partial charge < -0.3 is 10.1 Å². The van der Waals surface area contributed by atoms with Crippen LogP contribution in [0.15, 0.2) is 48.5 Å². The summed E-state index contributed by atoms with van der Waals surface area (Å²) in [5.74, 6) is -0.495. The number of carbonyl (C=O) groups excluding carboxylic acids is 2. The van der Waals surface area contributed by atoms with Gasteiger partial charge in [-0.2, -0.15) is 13.2 Å². The molecule has 25 heavy (non-hydrogen) atoms. The van der Waals surface area contributed by atoms with Crippen LogP contribution in [-0.2, 0) is 11.0 Å². The molecule has 0 aliphatic heterocycles. The molecule has 1 N–H and O–H groups in total. The first-order valence-electron chi connectivity index (χ1n) is 7.43. The smallest absolute Gasteiger partial charge is 0.418 e. The van der Waals surface area contributed by atoms with Gasteiger partial charge in [0.1, 0.15) is 5.75 Å². The summed E-state index contributed by atoms with van der Waals surface area (Å²) in [5, 5.41) is 2.23. The van der Waals surface area contributed by atoms with E-state index in [1.165, 1.54) is 44.2 Å². The van der Waals surface area contributed by atoms with Crippen LogP contribution in [0, 0.1) is 0 Å². The van der Waals surface area contributed by atoms with E-state index in [1.54, 1.807) is 12.1 Å². The van der Waals surface area contributed by atoms with Gasteiger partial charge >= 0.3 is 6.18 Å². The van der Waals surface area contributed by atoms with Crippen LogP contribution >= 0.6 is 0 Å². The average Bonchev–Trinajstić information content (AvgIpc) is 2.54. The van der Waals surface area contributed by atoms with Crippen molar-refractivity contribution in [1.82, 2.24) is 0 Å². The Bertz CT molecular complexity index is 770. The van der Waals surface area contributed by atoms with E-state index >= 15 is 0 Å². The van der Waals surface area contributed by atoms with Gasteiger partial charge in [0.15, 0.2) is 11.9 Å². The van der Waals surface area contributed by atoms with Crippen molar-refractivity contribution in [1.29, 1.82) is 0 Å². The molecule has 2 rings (SSSR count). The molecule has 0 saturated heterocycles. The first-order chi connectivity index (χ1) is 11.7. The van der Waals surface area contributed by atoms with Crippen LogP contribution in [0.5, 0.6) is 5.75 Å². The van der Waals surface area contributed by atoms with Gasteiger partial charge in [-0.15, -0.1) is 0 Å². The van der Waals surface area contributed by atoms with E-state index < -0.39 is 23.8 Å². The van der Waals surface area contributed by atoms with E-state index in [2.05, 4.69) is 5.32 Å². The number of carbonyl (C=O) groups is 2. The highest BCUT2D eigenvalue weighted by Crippen LogP contribution is 2.34. The molecular weight excluding hydrogens is 335 g/mol. The highest BCUT2D eigenvalue weighted by molar-refractivity contribution is 5.95. The van der Waals surface area contributed by atoms with Gasteiger partial charge in [0, 0.05) is 5.56 Å². The lowest BCUT2D eigenvalue weighted by molar-refractivity contribution is -0.137. The Morgan fingerprint density at radius 1 is 1.04 bits per heavy atom. The first-order valence-corrected chi connectivity index (χ1v) is 7.43. The number of rotatable bonds is 5. The van der Waals surface area contributed by atoms with Gasteiger partial charge in [-0.05, 0) is 50.2 Å². The monoisotopic (exact) mass is 351 g/mol. The molecule has 7 heteroatoms. The molecule has 0 spiro atoms. The third-order valence-corrected chi connectivity index (χ3v) is 3.43. The molecular formula is C18H16F3NO3. The highest BCUT2D eigenvalue weighted by Gasteiger charge is 2.34. The van der Waals surface area contributed by atoms with E-state index in [1.807, 2.05) is 0 Å². The van der Waals surface area contributed by atoms with Gasteiger partial charge in [-0.3, -0.25) is 9.59 Å². The van der Waals surface area contributed by atoms with Gasteiger partial charge in [0.05, 0.1) is 11.3 Å². The predicted octanol–water partition coefficient (Wildman–Crippen LogP) is 4.31. The summed E-state index contributed by atoms with van der Waals surface area (Å²) in [6.45, 7) is 2.84. The molecule has 0 aliphatic carbocycles. The zero-order chi connectivity index (χ0) is 18.6. The lowest BCUT2D eigenvalue weighted by Crippen LogP contribution is -2.31. The van der Waals surface area contributed by atoms with Crippen molar-refractivity contribution in [3.63, 3.8) is 0 Å². The maximum atomic E-state index is 12.9. The molecule has 4 nitrogen and oxygen atoms in total. The molecule has 0 saturated carbocycles. The number of para-hydroxylation sites is 1. The third-order valence-electron chi connectivity index (χ3n) is 3.43. The lowest BCUT2D eigenvalue weighted by Gasteiger charge is -2.17. The molecule has 0 aliphatic rings. The van der Waals surface area contributed by atoms with E-state index in [0.717, 1.165) is 6.07 Å². The Balaban J connectivity index is 2.07. The quantitative estimate of drug-likeness (QED) is 0.817. The summed E-state index contributed by atoms with van der Waals surface area (Å²) in [4.78, 5) is 23.3. The molecule has 0 radical (unpaired) electrons. The first kappa shape index (κ1) is 18.5. The van der Waals surface area contributed by atoms with Crippen molar-refractivity contribution >= 4 is 17.4 Å².